The van der Waals surface area contributed by atoms with Crippen LogP contribution < -0.4 is 4.90 Å². The number of aryl methyl sites for hydroxylation is 1. The number of imidazole rings is 1. The lowest BCUT2D eigenvalue weighted by molar-refractivity contribution is -0.123. The molecule has 6 nitrogen and oxygen atoms in total. The Balaban J connectivity index is 1.51. The van der Waals surface area contributed by atoms with Crippen molar-refractivity contribution >= 4 is 22.9 Å². The van der Waals surface area contributed by atoms with Gasteiger partial charge in [-0.15, -0.1) is 0 Å². The number of nitrogens with zero attached hydrogens (tertiary/aromatic N) is 5. The average molecular weight is 345 g/mol. The van der Waals surface area contributed by atoms with Gasteiger partial charge < -0.3 is 9.47 Å². The summed E-state index contributed by atoms with van der Waals surface area (Å²) in [4.78, 5) is 23.6. The number of amides is 1. The van der Waals surface area contributed by atoms with Gasteiger partial charge in [0.05, 0.1) is 24.3 Å². The second kappa shape index (κ2) is 5.98. The van der Waals surface area contributed by atoms with E-state index in [0.29, 0.717) is 6.54 Å². The van der Waals surface area contributed by atoms with E-state index in [1.165, 1.54) is 0 Å². The molecule has 4 heterocycles. The lowest BCUT2D eigenvalue weighted by Crippen LogP contribution is -2.64. The number of likely N-dealkylation sites (N-methyl/N-ethyl adjacent to an activating group) is 1. The van der Waals surface area contributed by atoms with Gasteiger partial charge in [0.2, 0.25) is 5.91 Å². The van der Waals surface area contributed by atoms with Crippen molar-refractivity contribution in [3.63, 3.8) is 0 Å². The Hall–Kier alpha value is -1.70. The Labute approximate surface area is 146 Å². The summed E-state index contributed by atoms with van der Waals surface area (Å²) in [6.45, 7) is 4.15. The van der Waals surface area contributed by atoms with Crippen molar-refractivity contribution in [2.45, 2.75) is 18.5 Å². The quantitative estimate of drug-likeness (QED) is 0.844. The normalized spacial score (nSPS) is 25.9. The zero-order valence-electron chi connectivity index (χ0n) is 14.2. The van der Waals surface area contributed by atoms with E-state index in [4.69, 9.17) is 0 Å². The third-order valence-electron chi connectivity index (χ3n) is 5.45. The summed E-state index contributed by atoms with van der Waals surface area (Å²) in [7, 11) is 4.13. The molecule has 1 atom stereocenters. The predicted molar refractivity (Wildman–Crippen MR) is 95.1 cm³/mol. The fourth-order valence-corrected chi connectivity index (χ4v) is 4.51. The monoisotopic (exact) mass is 345 g/mol. The number of hydrogen-bond donors (Lipinski definition) is 0. The van der Waals surface area contributed by atoms with Crippen molar-refractivity contribution in [3.05, 3.63) is 35.0 Å². The van der Waals surface area contributed by atoms with E-state index in [9.17, 15) is 4.79 Å². The molecule has 0 aromatic carbocycles. The summed E-state index contributed by atoms with van der Waals surface area (Å²) >= 11 is 1.64. The second-order valence-corrected chi connectivity index (χ2v) is 7.74. The number of aromatic nitrogens is 2. The number of piperazine rings is 1. The smallest absolute Gasteiger partial charge is 0.241 e. The van der Waals surface area contributed by atoms with Crippen LogP contribution in [0.4, 0.5) is 5.69 Å². The van der Waals surface area contributed by atoms with Gasteiger partial charge in [-0.1, -0.05) is 0 Å². The average Bonchev–Trinajstić information content (AvgIpc) is 3.27. The SMILES string of the molecule is CN1CC(=O)N(c2ccsc2)C[C@@]12CCN(Cc1nccn1C)C2. The summed E-state index contributed by atoms with van der Waals surface area (Å²) in [6, 6.07) is 2.04. The lowest BCUT2D eigenvalue weighted by atomic mass is 9.93. The van der Waals surface area contributed by atoms with Crippen molar-refractivity contribution in [2.24, 2.45) is 7.05 Å². The lowest BCUT2D eigenvalue weighted by Gasteiger charge is -2.46. The first-order valence-corrected chi connectivity index (χ1v) is 9.24. The van der Waals surface area contributed by atoms with E-state index < -0.39 is 0 Å². The first-order chi connectivity index (χ1) is 11.6. The largest absolute Gasteiger partial charge is 0.337 e. The van der Waals surface area contributed by atoms with Crippen LogP contribution in [0.2, 0.25) is 0 Å². The number of thiophene rings is 1. The highest BCUT2D eigenvalue weighted by Gasteiger charge is 2.47. The Bertz CT molecular complexity index is 727. The van der Waals surface area contributed by atoms with Crippen LogP contribution in [0.5, 0.6) is 0 Å². The fraction of sp³-hybridized carbons (Fsp3) is 0.529. The first-order valence-electron chi connectivity index (χ1n) is 8.30. The molecule has 0 bridgehead atoms. The first kappa shape index (κ1) is 15.8. The van der Waals surface area contributed by atoms with E-state index in [1.54, 1.807) is 11.3 Å². The van der Waals surface area contributed by atoms with Gasteiger partial charge in [0.25, 0.3) is 0 Å². The molecule has 24 heavy (non-hydrogen) atoms. The van der Waals surface area contributed by atoms with Gasteiger partial charge in [0.15, 0.2) is 0 Å². The molecule has 2 fully saturated rings. The number of anilines is 1. The number of rotatable bonds is 3. The second-order valence-electron chi connectivity index (χ2n) is 6.96. The van der Waals surface area contributed by atoms with Crippen LogP contribution >= 0.6 is 11.3 Å². The van der Waals surface area contributed by atoms with Gasteiger partial charge >= 0.3 is 0 Å². The summed E-state index contributed by atoms with van der Waals surface area (Å²) in [6.07, 6.45) is 4.93. The number of carbonyl (C=O) groups is 1. The van der Waals surface area contributed by atoms with Crippen LogP contribution in [0, 0.1) is 0 Å². The molecule has 2 aliphatic heterocycles. The highest BCUT2D eigenvalue weighted by Crippen LogP contribution is 2.34. The minimum absolute atomic E-state index is 0.0427. The van der Waals surface area contributed by atoms with Crippen LogP contribution in [-0.4, -0.2) is 64.0 Å². The standard InChI is InChI=1S/C17H23N5OS/c1-19-7-5-18-15(19)9-21-6-4-17(12-21)13-22(14-3-8-24-11-14)16(23)10-20(17)2/h3,5,7-8,11H,4,6,9-10,12-13H2,1-2H3/t17-/m0/s1. The van der Waals surface area contributed by atoms with Crippen LogP contribution in [0.1, 0.15) is 12.2 Å². The number of carbonyl (C=O) groups excluding carboxylic acids is 1. The van der Waals surface area contributed by atoms with Gasteiger partial charge in [-0.2, -0.15) is 11.3 Å². The van der Waals surface area contributed by atoms with Crippen molar-refractivity contribution < 1.29 is 4.79 Å². The molecule has 0 unspecified atom stereocenters. The molecular formula is C17H23N5OS. The van der Waals surface area contributed by atoms with Gasteiger partial charge in [-0.25, -0.2) is 4.98 Å². The maximum atomic E-state index is 12.5. The molecule has 0 aliphatic carbocycles. The van der Waals surface area contributed by atoms with E-state index >= 15 is 0 Å². The van der Waals surface area contributed by atoms with Gasteiger partial charge in [0, 0.05) is 44.5 Å². The van der Waals surface area contributed by atoms with Crippen LogP contribution in [0.3, 0.4) is 0 Å². The molecule has 2 aromatic heterocycles. The zero-order valence-corrected chi connectivity index (χ0v) is 15.0. The Kier molecular flexibility index (Phi) is 3.94. The molecule has 7 heteroatoms. The van der Waals surface area contributed by atoms with Crippen LogP contribution in [-0.2, 0) is 18.4 Å². The topological polar surface area (TPSA) is 44.6 Å². The maximum Gasteiger partial charge on any atom is 0.241 e. The van der Waals surface area contributed by atoms with E-state index in [1.807, 2.05) is 35.8 Å². The van der Waals surface area contributed by atoms with Crippen LogP contribution in [0.25, 0.3) is 0 Å². The molecular weight excluding hydrogens is 322 g/mol. The molecule has 2 aromatic rings. The van der Waals surface area contributed by atoms with E-state index in [2.05, 4.69) is 31.8 Å². The third-order valence-corrected chi connectivity index (χ3v) is 6.12. The van der Waals surface area contributed by atoms with Gasteiger partial charge in [-0.3, -0.25) is 14.6 Å². The molecule has 0 saturated carbocycles. The zero-order chi connectivity index (χ0) is 16.7. The Morgan fingerprint density at radius 3 is 2.92 bits per heavy atom. The van der Waals surface area contributed by atoms with Crippen molar-refractivity contribution in [1.29, 1.82) is 0 Å². The van der Waals surface area contributed by atoms with Crippen LogP contribution in [0.15, 0.2) is 29.2 Å². The fourth-order valence-electron chi connectivity index (χ4n) is 3.87. The number of likely N-dealkylation sites (tertiary alicyclic amines) is 1. The number of hydrogen-bond acceptors (Lipinski definition) is 5. The predicted octanol–water partition coefficient (Wildman–Crippen LogP) is 1.40. The molecule has 2 aliphatic rings. The Morgan fingerprint density at radius 1 is 1.33 bits per heavy atom. The van der Waals surface area contributed by atoms with Gasteiger partial charge in [0.1, 0.15) is 5.82 Å². The minimum atomic E-state index is 0.0427. The molecule has 2 saturated heterocycles. The molecule has 0 N–H and O–H groups in total. The highest BCUT2D eigenvalue weighted by atomic mass is 32.1. The van der Waals surface area contributed by atoms with E-state index in [0.717, 1.165) is 44.1 Å². The molecule has 4 rings (SSSR count). The molecule has 1 spiro atoms. The molecule has 128 valence electrons. The molecule has 0 radical (unpaired) electrons. The highest BCUT2D eigenvalue weighted by molar-refractivity contribution is 7.08. The van der Waals surface area contributed by atoms with Crippen molar-refractivity contribution in [2.75, 3.05) is 38.1 Å². The van der Waals surface area contributed by atoms with Crippen molar-refractivity contribution in [3.8, 4) is 0 Å². The minimum Gasteiger partial charge on any atom is -0.337 e. The maximum absolute atomic E-state index is 12.5. The third kappa shape index (κ3) is 2.66. The Morgan fingerprint density at radius 2 is 2.21 bits per heavy atom. The van der Waals surface area contributed by atoms with E-state index in [-0.39, 0.29) is 11.4 Å². The summed E-state index contributed by atoms with van der Waals surface area (Å²) in [5, 5.41) is 4.10. The summed E-state index contributed by atoms with van der Waals surface area (Å²) in [5.74, 6) is 1.29. The van der Waals surface area contributed by atoms with Gasteiger partial charge in [-0.05, 0) is 24.9 Å². The van der Waals surface area contributed by atoms with Crippen molar-refractivity contribution in [1.82, 2.24) is 19.4 Å². The summed E-state index contributed by atoms with van der Waals surface area (Å²) in [5.41, 5.74) is 1.08. The summed E-state index contributed by atoms with van der Waals surface area (Å²) < 4.78 is 2.08. The molecule has 1 amide bonds.